The zero-order valence-corrected chi connectivity index (χ0v) is 16.6. The maximum absolute atomic E-state index is 12.6. The number of nitrogens with zero attached hydrogens (tertiary/aromatic N) is 2. The van der Waals surface area contributed by atoms with E-state index >= 15 is 0 Å². The van der Waals surface area contributed by atoms with Gasteiger partial charge in [0.05, 0.1) is 16.7 Å². The van der Waals surface area contributed by atoms with E-state index in [-0.39, 0.29) is 5.78 Å². The predicted octanol–water partition coefficient (Wildman–Crippen LogP) is 5.80. The van der Waals surface area contributed by atoms with Crippen molar-refractivity contribution in [2.75, 3.05) is 0 Å². The molecule has 1 aromatic heterocycles. The molecule has 25 heavy (non-hydrogen) atoms. The molecule has 5 heteroatoms. The maximum Gasteiger partial charge on any atom is 0.163 e. The number of hydrogen-bond donors (Lipinski definition) is 0. The summed E-state index contributed by atoms with van der Waals surface area (Å²) < 4.78 is 3.15. The van der Waals surface area contributed by atoms with Gasteiger partial charge < -0.3 is 0 Å². The maximum atomic E-state index is 12.6. The van der Waals surface area contributed by atoms with Gasteiger partial charge in [-0.2, -0.15) is 5.10 Å². The van der Waals surface area contributed by atoms with Gasteiger partial charge in [0.25, 0.3) is 0 Å². The highest BCUT2D eigenvalue weighted by molar-refractivity contribution is 9.10. The molecule has 0 bridgehead atoms. The Morgan fingerprint density at radius 2 is 2.00 bits per heavy atom. The first kappa shape index (κ1) is 17.3. The second-order valence-electron chi connectivity index (χ2n) is 7.47. The minimum absolute atomic E-state index is 0.251. The molecule has 2 aliphatic carbocycles. The van der Waals surface area contributed by atoms with Gasteiger partial charge in [-0.1, -0.05) is 24.9 Å². The number of Topliss-reactive ketones (excluding diaryl/α,β-unsaturated/α-hetero) is 1. The lowest BCUT2D eigenvalue weighted by atomic mass is 9.87. The van der Waals surface area contributed by atoms with Gasteiger partial charge in [0.2, 0.25) is 0 Å². The van der Waals surface area contributed by atoms with Crippen molar-refractivity contribution in [3.8, 4) is 0 Å². The monoisotopic (exact) mass is 420 g/mol. The number of carbonyl (C=O) groups is 1. The van der Waals surface area contributed by atoms with Crippen molar-refractivity contribution in [2.24, 2.45) is 23.7 Å². The van der Waals surface area contributed by atoms with Gasteiger partial charge in [-0.05, 0) is 76.7 Å². The summed E-state index contributed by atoms with van der Waals surface area (Å²) in [6.07, 6.45) is 8.08. The SMILES string of the molecule is CC[C@@H](CC(=O)c1ccc(Cl)cc1)C1[C@H]2CC(n3cc(Br)cn3)C[C@@H]12. The summed E-state index contributed by atoms with van der Waals surface area (Å²) in [6, 6.07) is 7.82. The Balaban J connectivity index is 1.36. The van der Waals surface area contributed by atoms with Gasteiger partial charge in [-0.15, -0.1) is 0 Å². The molecule has 132 valence electrons. The zero-order valence-electron chi connectivity index (χ0n) is 14.2. The minimum atomic E-state index is 0.251. The standard InChI is InChI=1S/C20H22BrClN2O/c1-2-12(7-19(25)13-3-5-15(22)6-4-13)20-17-8-16(9-18(17)20)24-11-14(21)10-23-24/h3-6,10-12,16-18,20H,2,7-9H2,1H3/t12-,16?,17-,18+,20?/m0/s1. The van der Waals surface area contributed by atoms with Crippen molar-refractivity contribution in [3.63, 3.8) is 0 Å². The third-order valence-electron chi connectivity index (χ3n) is 6.11. The molecule has 5 atom stereocenters. The lowest BCUT2D eigenvalue weighted by Crippen LogP contribution is -2.16. The first-order valence-electron chi connectivity index (χ1n) is 9.05. The van der Waals surface area contributed by atoms with E-state index in [4.69, 9.17) is 11.6 Å². The molecule has 2 saturated carbocycles. The quantitative estimate of drug-likeness (QED) is 0.553. The number of fused-ring (bicyclic) bond motifs is 1. The number of aromatic nitrogens is 2. The average molecular weight is 422 g/mol. The molecule has 0 saturated heterocycles. The van der Waals surface area contributed by atoms with Gasteiger partial charge in [0.15, 0.2) is 5.78 Å². The molecular formula is C20H22BrClN2O. The van der Waals surface area contributed by atoms with Crippen LogP contribution in [0.3, 0.4) is 0 Å². The molecule has 2 aliphatic rings. The number of benzene rings is 1. The summed E-state index contributed by atoms with van der Waals surface area (Å²) in [5.41, 5.74) is 0.785. The number of hydrogen-bond acceptors (Lipinski definition) is 2. The molecule has 0 radical (unpaired) electrons. The van der Waals surface area contributed by atoms with Crippen LogP contribution in [0.1, 0.15) is 49.0 Å². The largest absolute Gasteiger partial charge is 0.294 e. The molecular weight excluding hydrogens is 400 g/mol. The molecule has 1 aromatic carbocycles. The highest BCUT2D eigenvalue weighted by atomic mass is 79.9. The van der Waals surface area contributed by atoms with Crippen LogP contribution in [0.25, 0.3) is 0 Å². The summed E-state index contributed by atoms with van der Waals surface area (Å²) in [5.74, 6) is 3.02. The number of rotatable bonds is 6. The van der Waals surface area contributed by atoms with E-state index in [9.17, 15) is 4.79 Å². The van der Waals surface area contributed by atoms with Crippen LogP contribution in [0.15, 0.2) is 41.1 Å². The Labute approximate surface area is 161 Å². The first-order valence-corrected chi connectivity index (χ1v) is 10.2. The summed E-state index contributed by atoms with van der Waals surface area (Å²) in [4.78, 5) is 12.6. The highest BCUT2D eigenvalue weighted by Gasteiger charge is 2.58. The molecule has 2 unspecified atom stereocenters. The molecule has 0 aliphatic heterocycles. The average Bonchev–Trinajstić information content (AvgIpc) is 2.95. The zero-order chi connectivity index (χ0) is 17.6. The van der Waals surface area contributed by atoms with E-state index in [1.807, 2.05) is 18.3 Å². The van der Waals surface area contributed by atoms with Crippen molar-refractivity contribution in [1.29, 1.82) is 0 Å². The van der Waals surface area contributed by atoms with Gasteiger partial charge in [0.1, 0.15) is 0 Å². The van der Waals surface area contributed by atoms with Crippen molar-refractivity contribution < 1.29 is 4.79 Å². The highest BCUT2D eigenvalue weighted by Crippen LogP contribution is 2.64. The predicted molar refractivity (Wildman–Crippen MR) is 103 cm³/mol. The normalized spacial score (nSPS) is 28.6. The first-order chi connectivity index (χ1) is 12.1. The number of ketones is 1. The van der Waals surface area contributed by atoms with Crippen LogP contribution in [-0.4, -0.2) is 15.6 Å². The number of carbonyl (C=O) groups excluding carboxylic acids is 1. The van der Waals surface area contributed by atoms with Crippen LogP contribution < -0.4 is 0 Å². The summed E-state index contributed by atoms with van der Waals surface area (Å²) in [6.45, 7) is 2.22. The van der Waals surface area contributed by atoms with Gasteiger partial charge in [-0.3, -0.25) is 9.48 Å². The van der Waals surface area contributed by atoms with Crippen LogP contribution in [0.4, 0.5) is 0 Å². The fraction of sp³-hybridized carbons (Fsp3) is 0.500. The summed E-state index contributed by atoms with van der Waals surface area (Å²) in [5, 5.41) is 5.12. The van der Waals surface area contributed by atoms with Crippen LogP contribution >= 0.6 is 27.5 Å². The van der Waals surface area contributed by atoms with E-state index in [0.29, 0.717) is 23.4 Å². The van der Waals surface area contributed by atoms with Gasteiger partial charge >= 0.3 is 0 Å². The number of halogens is 2. The van der Waals surface area contributed by atoms with E-state index < -0.39 is 0 Å². The van der Waals surface area contributed by atoms with Crippen LogP contribution in [0.5, 0.6) is 0 Å². The molecule has 0 amide bonds. The van der Waals surface area contributed by atoms with Crippen molar-refractivity contribution >= 4 is 33.3 Å². The third-order valence-corrected chi connectivity index (χ3v) is 6.77. The molecule has 4 rings (SSSR count). The summed E-state index contributed by atoms with van der Waals surface area (Å²) in [7, 11) is 0. The molecule has 3 nitrogen and oxygen atoms in total. The second kappa shape index (κ2) is 6.88. The van der Waals surface area contributed by atoms with Gasteiger partial charge in [-0.25, -0.2) is 0 Å². The van der Waals surface area contributed by atoms with E-state index in [1.54, 1.807) is 12.1 Å². The van der Waals surface area contributed by atoms with Crippen molar-refractivity contribution in [2.45, 2.75) is 38.6 Å². The third kappa shape index (κ3) is 3.43. The van der Waals surface area contributed by atoms with E-state index in [2.05, 4.69) is 38.8 Å². The van der Waals surface area contributed by atoms with Crippen LogP contribution in [-0.2, 0) is 0 Å². The fourth-order valence-electron chi connectivity index (χ4n) is 4.84. The Kier molecular flexibility index (Phi) is 4.76. The van der Waals surface area contributed by atoms with Crippen LogP contribution in [0.2, 0.25) is 5.02 Å². The smallest absolute Gasteiger partial charge is 0.163 e. The Hall–Kier alpha value is -1.13. The topological polar surface area (TPSA) is 34.9 Å². The Bertz CT molecular complexity index is 760. The van der Waals surface area contributed by atoms with E-state index in [1.165, 1.54) is 12.8 Å². The Morgan fingerprint density at radius 3 is 2.56 bits per heavy atom. The van der Waals surface area contributed by atoms with E-state index in [0.717, 1.165) is 34.2 Å². The minimum Gasteiger partial charge on any atom is -0.294 e. The van der Waals surface area contributed by atoms with Crippen LogP contribution in [0, 0.1) is 23.7 Å². The Morgan fingerprint density at radius 1 is 1.32 bits per heavy atom. The molecule has 2 fully saturated rings. The lowest BCUT2D eigenvalue weighted by Gasteiger charge is -2.20. The van der Waals surface area contributed by atoms with Gasteiger partial charge in [0, 0.05) is 23.2 Å². The lowest BCUT2D eigenvalue weighted by molar-refractivity contribution is 0.0949. The molecule has 1 heterocycles. The fourth-order valence-corrected chi connectivity index (χ4v) is 5.26. The molecule has 0 spiro atoms. The molecule has 0 N–H and O–H groups in total. The van der Waals surface area contributed by atoms with Crippen molar-refractivity contribution in [1.82, 2.24) is 9.78 Å². The molecule has 2 aromatic rings. The second-order valence-corrected chi connectivity index (χ2v) is 8.82. The summed E-state index contributed by atoms with van der Waals surface area (Å²) >= 11 is 9.40. The van der Waals surface area contributed by atoms with Crippen molar-refractivity contribution in [3.05, 3.63) is 51.7 Å².